The van der Waals surface area contributed by atoms with E-state index in [0.717, 1.165) is 16.3 Å². The molecule has 4 nitrogen and oxygen atoms in total. The maximum atomic E-state index is 12.7. The fourth-order valence-corrected chi connectivity index (χ4v) is 4.15. The van der Waals surface area contributed by atoms with Crippen LogP contribution in [0.3, 0.4) is 0 Å². The van der Waals surface area contributed by atoms with Crippen molar-refractivity contribution in [1.82, 2.24) is 9.29 Å². The van der Waals surface area contributed by atoms with Gasteiger partial charge in [0.15, 0.2) is 0 Å². The topological polar surface area (TPSA) is 50.3 Å². The summed E-state index contributed by atoms with van der Waals surface area (Å²) in [6.45, 7) is 3.94. The molecule has 114 valence electrons. The largest absolute Gasteiger partial charge is 0.245 e. The first-order valence-corrected chi connectivity index (χ1v) is 9.23. The van der Waals surface area contributed by atoms with E-state index in [-0.39, 0.29) is 12.4 Å². The third kappa shape index (κ3) is 3.63. The molecule has 0 aliphatic rings. The summed E-state index contributed by atoms with van der Waals surface area (Å²) in [5, 5.41) is 2.81. The second-order valence-corrected chi connectivity index (χ2v) is 8.20. The standard InChI is InChI=1S/C14H17ClN2O2S2/c1-10-4-5-12(7-15)6-14(10)21(18,19)17(3)8-13-9-20-11(2)16-13/h4-6,9H,7-8H2,1-3H3. The second-order valence-electron chi connectivity index (χ2n) is 4.85. The lowest BCUT2D eigenvalue weighted by atomic mass is 10.2. The molecule has 1 heterocycles. The van der Waals surface area contributed by atoms with Crippen LogP contribution in [-0.4, -0.2) is 24.8 Å². The Morgan fingerprint density at radius 1 is 1.33 bits per heavy atom. The summed E-state index contributed by atoms with van der Waals surface area (Å²) in [5.74, 6) is 0.289. The maximum Gasteiger partial charge on any atom is 0.243 e. The maximum absolute atomic E-state index is 12.7. The van der Waals surface area contributed by atoms with Crippen LogP contribution in [-0.2, 0) is 22.4 Å². The van der Waals surface area contributed by atoms with E-state index in [4.69, 9.17) is 11.6 Å². The molecule has 0 aliphatic heterocycles. The summed E-state index contributed by atoms with van der Waals surface area (Å²) < 4.78 is 26.7. The number of rotatable bonds is 5. The van der Waals surface area contributed by atoms with Crippen molar-refractivity contribution in [3.63, 3.8) is 0 Å². The van der Waals surface area contributed by atoms with Crippen molar-refractivity contribution in [3.05, 3.63) is 45.4 Å². The number of benzene rings is 1. The number of alkyl halides is 1. The molecule has 7 heteroatoms. The van der Waals surface area contributed by atoms with Crippen molar-refractivity contribution in [2.45, 2.75) is 31.2 Å². The number of thiazole rings is 1. The van der Waals surface area contributed by atoms with Gasteiger partial charge in [-0.15, -0.1) is 22.9 Å². The minimum atomic E-state index is -3.55. The van der Waals surface area contributed by atoms with Gasteiger partial charge in [0.1, 0.15) is 0 Å². The molecule has 0 spiro atoms. The molecule has 0 saturated heterocycles. The summed E-state index contributed by atoms with van der Waals surface area (Å²) in [4.78, 5) is 4.61. The molecule has 1 aromatic carbocycles. The van der Waals surface area contributed by atoms with Crippen molar-refractivity contribution in [1.29, 1.82) is 0 Å². The monoisotopic (exact) mass is 344 g/mol. The van der Waals surface area contributed by atoms with Crippen LogP contribution in [0.4, 0.5) is 0 Å². The highest BCUT2D eigenvalue weighted by Crippen LogP contribution is 2.23. The van der Waals surface area contributed by atoms with Crippen LogP contribution in [0.2, 0.25) is 0 Å². The van der Waals surface area contributed by atoms with Crippen LogP contribution < -0.4 is 0 Å². The van der Waals surface area contributed by atoms with Gasteiger partial charge in [0.05, 0.1) is 22.1 Å². The highest BCUT2D eigenvalue weighted by molar-refractivity contribution is 7.89. The lowest BCUT2D eigenvalue weighted by Gasteiger charge is -2.18. The number of hydrogen-bond acceptors (Lipinski definition) is 4. The number of hydrogen-bond donors (Lipinski definition) is 0. The summed E-state index contributed by atoms with van der Waals surface area (Å²) >= 11 is 7.31. The molecule has 1 aromatic heterocycles. The fraction of sp³-hybridized carbons (Fsp3) is 0.357. The number of aryl methyl sites for hydroxylation is 2. The Morgan fingerprint density at radius 2 is 2.05 bits per heavy atom. The molecule has 2 rings (SSSR count). The van der Waals surface area contributed by atoms with Crippen LogP contribution in [0.5, 0.6) is 0 Å². The molecule has 2 aromatic rings. The molecule has 0 N–H and O–H groups in total. The normalized spacial score (nSPS) is 12.0. The number of nitrogens with zero attached hydrogens (tertiary/aromatic N) is 2. The first-order valence-electron chi connectivity index (χ1n) is 6.37. The summed E-state index contributed by atoms with van der Waals surface area (Å²) in [6.07, 6.45) is 0. The zero-order valence-corrected chi connectivity index (χ0v) is 14.5. The van der Waals surface area contributed by atoms with E-state index in [1.165, 1.54) is 15.6 Å². The Kier molecular flexibility index (Phi) is 5.03. The molecule has 0 atom stereocenters. The summed E-state index contributed by atoms with van der Waals surface area (Å²) in [7, 11) is -1.99. The number of sulfonamides is 1. The van der Waals surface area contributed by atoms with Gasteiger partial charge in [-0.2, -0.15) is 4.31 Å². The Hall–Kier alpha value is -0.950. The Morgan fingerprint density at radius 3 is 2.62 bits per heavy atom. The van der Waals surface area contributed by atoms with E-state index >= 15 is 0 Å². The van der Waals surface area contributed by atoms with Crippen LogP contribution in [0.1, 0.15) is 21.8 Å². The second kappa shape index (κ2) is 6.44. The Labute approximate surface area is 134 Å². The van der Waals surface area contributed by atoms with Crippen molar-refractivity contribution >= 4 is 33.0 Å². The zero-order chi connectivity index (χ0) is 15.6. The average molecular weight is 345 g/mol. The van der Waals surface area contributed by atoms with E-state index in [2.05, 4.69) is 4.98 Å². The Bertz CT molecular complexity index is 741. The predicted octanol–water partition coefficient (Wildman–Crippen LogP) is 3.32. The Balaban J connectivity index is 2.32. The molecule has 0 saturated carbocycles. The van der Waals surface area contributed by atoms with Gasteiger partial charge < -0.3 is 0 Å². The van der Waals surface area contributed by atoms with Crippen molar-refractivity contribution < 1.29 is 8.42 Å². The lowest BCUT2D eigenvalue weighted by Crippen LogP contribution is -2.27. The van der Waals surface area contributed by atoms with Gasteiger partial charge >= 0.3 is 0 Å². The van der Waals surface area contributed by atoms with Gasteiger partial charge in [-0.1, -0.05) is 12.1 Å². The number of halogens is 1. The third-order valence-electron chi connectivity index (χ3n) is 3.15. The molecule has 0 amide bonds. The fourth-order valence-electron chi connectivity index (χ4n) is 1.97. The van der Waals surface area contributed by atoms with Crippen LogP contribution in [0.25, 0.3) is 0 Å². The minimum absolute atomic E-state index is 0.261. The molecule has 0 radical (unpaired) electrons. The van der Waals surface area contributed by atoms with Crippen molar-refractivity contribution in [2.24, 2.45) is 0 Å². The highest BCUT2D eigenvalue weighted by Gasteiger charge is 2.23. The molecular weight excluding hydrogens is 328 g/mol. The van der Waals surface area contributed by atoms with E-state index in [1.807, 2.05) is 18.4 Å². The van der Waals surface area contributed by atoms with Gasteiger partial charge in [-0.25, -0.2) is 13.4 Å². The van der Waals surface area contributed by atoms with Crippen LogP contribution in [0, 0.1) is 13.8 Å². The first-order chi connectivity index (χ1) is 9.84. The molecule has 0 fully saturated rings. The minimum Gasteiger partial charge on any atom is -0.245 e. The smallest absolute Gasteiger partial charge is 0.243 e. The molecular formula is C14H17ClN2O2S2. The van der Waals surface area contributed by atoms with E-state index in [9.17, 15) is 8.42 Å². The lowest BCUT2D eigenvalue weighted by molar-refractivity contribution is 0.462. The molecule has 0 aliphatic carbocycles. The van der Waals surface area contributed by atoms with Gasteiger partial charge in [0.2, 0.25) is 10.0 Å². The van der Waals surface area contributed by atoms with Crippen molar-refractivity contribution in [2.75, 3.05) is 7.05 Å². The predicted molar refractivity (Wildman–Crippen MR) is 86.2 cm³/mol. The first kappa shape index (κ1) is 16.4. The molecule has 0 bridgehead atoms. The zero-order valence-electron chi connectivity index (χ0n) is 12.1. The average Bonchev–Trinajstić information content (AvgIpc) is 2.84. The van der Waals surface area contributed by atoms with Crippen LogP contribution in [0.15, 0.2) is 28.5 Å². The van der Waals surface area contributed by atoms with E-state index in [1.54, 1.807) is 26.1 Å². The summed E-state index contributed by atoms with van der Waals surface area (Å²) in [6, 6.07) is 5.26. The highest BCUT2D eigenvalue weighted by atomic mass is 35.5. The molecule has 0 unspecified atom stereocenters. The van der Waals surface area contributed by atoms with Gasteiger partial charge in [-0.3, -0.25) is 0 Å². The van der Waals surface area contributed by atoms with Gasteiger partial charge in [0.25, 0.3) is 0 Å². The summed E-state index contributed by atoms with van der Waals surface area (Å²) in [5.41, 5.74) is 2.26. The molecule has 21 heavy (non-hydrogen) atoms. The number of aromatic nitrogens is 1. The van der Waals surface area contributed by atoms with E-state index < -0.39 is 10.0 Å². The van der Waals surface area contributed by atoms with Gasteiger partial charge in [-0.05, 0) is 31.0 Å². The quantitative estimate of drug-likeness (QED) is 0.782. The van der Waals surface area contributed by atoms with E-state index in [0.29, 0.717) is 10.5 Å². The van der Waals surface area contributed by atoms with Crippen molar-refractivity contribution in [3.8, 4) is 0 Å². The SMILES string of the molecule is Cc1nc(CN(C)S(=O)(=O)c2cc(CCl)ccc2C)cs1. The van der Waals surface area contributed by atoms with Gasteiger partial charge in [0, 0.05) is 18.3 Å². The third-order valence-corrected chi connectivity index (χ3v) is 6.22. The van der Waals surface area contributed by atoms with Crippen LogP contribution >= 0.6 is 22.9 Å².